The van der Waals surface area contributed by atoms with Gasteiger partial charge in [-0.3, -0.25) is 4.79 Å². The lowest BCUT2D eigenvalue weighted by atomic mass is 10.1. The summed E-state index contributed by atoms with van der Waals surface area (Å²) in [7, 11) is 1.65. The minimum atomic E-state index is 0.00841. The second kappa shape index (κ2) is 7.39. The molecule has 1 N–H and O–H groups in total. The lowest BCUT2D eigenvalue weighted by Crippen LogP contribution is -2.34. The fourth-order valence-corrected chi connectivity index (χ4v) is 2.42. The Kier molecular flexibility index (Phi) is 5.53. The summed E-state index contributed by atoms with van der Waals surface area (Å²) in [5.74, 6) is 2.38. The molecule has 110 valence electrons. The van der Waals surface area contributed by atoms with E-state index in [1.807, 2.05) is 18.2 Å². The van der Waals surface area contributed by atoms with Crippen LogP contribution < -0.4 is 14.8 Å². The summed E-state index contributed by atoms with van der Waals surface area (Å²) in [6.07, 6.45) is 3.04. The second-order valence-corrected chi connectivity index (χ2v) is 5.25. The van der Waals surface area contributed by atoms with Crippen molar-refractivity contribution in [3.8, 4) is 11.5 Å². The summed E-state index contributed by atoms with van der Waals surface area (Å²) in [5, 5.41) is 2.91. The number of carbonyl (C=O) groups excluding carboxylic acids is 1. The van der Waals surface area contributed by atoms with Gasteiger partial charge in [0.1, 0.15) is 17.6 Å². The number of amides is 1. The third-order valence-electron chi connectivity index (χ3n) is 3.32. The Balaban J connectivity index is 1.75. The molecule has 1 aromatic rings. The summed E-state index contributed by atoms with van der Waals surface area (Å²) >= 11 is 5.58. The lowest BCUT2D eigenvalue weighted by Gasteiger charge is -2.11. The SMILES string of the molecule is COc1ccc2c(c1)C[C@@H](CNC(=O)CCCCCl)O2. The van der Waals surface area contributed by atoms with E-state index >= 15 is 0 Å². The Bertz CT molecular complexity index is 464. The molecule has 20 heavy (non-hydrogen) atoms. The van der Waals surface area contributed by atoms with Crippen LogP contribution in [-0.2, 0) is 11.2 Å². The van der Waals surface area contributed by atoms with Gasteiger partial charge in [-0.25, -0.2) is 0 Å². The van der Waals surface area contributed by atoms with Crippen LogP contribution in [0.15, 0.2) is 18.2 Å². The molecule has 0 unspecified atom stereocenters. The molecule has 1 aromatic carbocycles. The summed E-state index contributed by atoms with van der Waals surface area (Å²) in [6.45, 7) is 0.538. The smallest absolute Gasteiger partial charge is 0.220 e. The molecule has 1 atom stereocenters. The number of benzene rings is 1. The quantitative estimate of drug-likeness (QED) is 0.621. The zero-order valence-corrected chi connectivity index (χ0v) is 12.4. The number of fused-ring (bicyclic) bond motifs is 1. The molecule has 2 rings (SSSR count). The van der Waals surface area contributed by atoms with Crippen molar-refractivity contribution in [1.29, 1.82) is 0 Å². The maximum atomic E-state index is 11.6. The van der Waals surface area contributed by atoms with Gasteiger partial charge < -0.3 is 14.8 Å². The van der Waals surface area contributed by atoms with Gasteiger partial charge in [0.05, 0.1) is 13.7 Å². The summed E-state index contributed by atoms with van der Waals surface area (Å²) < 4.78 is 11.0. The second-order valence-electron chi connectivity index (χ2n) is 4.87. The molecule has 1 heterocycles. The highest BCUT2D eigenvalue weighted by Gasteiger charge is 2.23. The first-order valence-electron chi connectivity index (χ1n) is 6.89. The van der Waals surface area contributed by atoms with Crippen LogP contribution in [0.25, 0.3) is 0 Å². The van der Waals surface area contributed by atoms with Crippen molar-refractivity contribution in [2.75, 3.05) is 19.5 Å². The molecule has 5 heteroatoms. The van der Waals surface area contributed by atoms with Gasteiger partial charge in [0.2, 0.25) is 5.91 Å². The molecule has 0 aromatic heterocycles. The first-order chi connectivity index (χ1) is 9.72. The largest absolute Gasteiger partial charge is 0.497 e. The molecule has 0 bridgehead atoms. The van der Waals surface area contributed by atoms with Gasteiger partial charge in [0, 0.05) is 24.3 Å². The van der Waals surface area contributed by atoms with Crippen molar-refractivity contribution in [2.45, 2.75) is 31.8 Å². The number of ether oxygens (including phenoxy) is 2. The van der Waals surface area contributed by atoms with Gasteiger partial charge in [-0.15, -0.1) is 11.6 Å². The molecular weight excluding hydrogens is 278 g/mol. The monoisotopic (exact) mass is 297 g/mol. The first-order valence-corrected chi connectivity index (χ1v) is 7.42. The Morgan fingerprint density at radius 3 is 3.10 bits per heavy atom. The van der Waals surface area contributed by atoms with Crippen molar-refractivity contribution >= 4 is 17.5 Å². The van der Waals surface area contributed by atoms with Crippen LogP contribution in [0.1, 0.15) is 24.8 Å². The molecule has 1 aliphatic rings. The van der Waals surface area contributed by atoms with Crippen molar-refractivity contribution < 1.29 is 14.3 Å². The average molecular weight is 298 g/mol. The van der Waals surface area contributed by atoms with Crippen molar-refractivity contribution in [3.63, 3.8) is 0 Å². The Morgan fingerprint density at radius 1 is 1.50 bits per heavy atom. The van der Waals surface area contributed by atoms with Crippen LogP contribution in [0.5, 0.6) is 11.5 Å². The van der Waals surface area contributed by atoms with Crippen molar-refractivity contribution in [1.82, 2.24) is 5.32 Å². The highest BCUT2D eigenvalue weighted by atomic mass is 35.5. The molecule has 1 amide bonds. The zero-order valence-electron chi connectivity index (χ0n) is 11.7. The number of rotatable bonds is 7. The predicted octanol–water partition coefficient (Wildman–Crippen LogP) is 2.52. The first kappa shape index (κ1) is 15.0. The van der Waals surface area contributed by atoms with Gasteiger partial charge in [-0.1, -0.05) is 0 Å². The summed E-state index contributed by atoms with van der Waals surface area (Å²) in [6, 6.07) is 5.78. The van der Waals surface area contributed by atoms with Crippen LogP contribution in [-0.4, -0.2) is 31.5 Å². The molecule has 0 aliphatic carbocycles. The van der Waals surface area contributed by atoms with Crippen LogP contribution in [0.4, 0.5) is 0 Å². The maximum absolute atomic E-state index is 11.6. The number of nitrogens with one attached hydrogen (secondary N) is 1. The van der Waals surface area contributed by atoms with E-state index in [0.717, 1.165) is 36.3 Å². The number of unbranched alkanes of at least 4 members (excludes halogenated alkanes) is 1. The third kappa shape index (κ3) is 4.04. The lowest BCUT2D eigenvalue weighted by molar-refractivity contribution is -0.121. The van der Waals surface area contributed by atoms with E-state index in [2.05, 4.69) is 5.32 Å². The maximum Gasteiger partial charge on any atom is 0.220 e. The van der Waals surface area contributed by atoms with E-state index in [1.165, 1.54) is 0 Å². The standard InChI is InChI=1S/C15H20ClNO3/c1-19-12-5-6-14-11(8-12)9-13(20-14)10-17-15(18)4-2-3-7-16/h5-6,8,13H,2-4,7,9-10H2,1H3,(H,17,18)/t13-/m0/s1. The van der Waals surface area contributed by atoms with Gasteiger partial charge in [-0.05, 0) is 31.0 Å². The van der Waals surface area contributed by atoms with Crippen LogP contribution >= 0.6 is 11.6 Å². The number of hydrogen-bond donors (Lipinski definition) is 1. The molecule has 1 aliphatic heterocycles. The molecule has 0 fully saturated rings. The third-order valence-corrected chi connectivity index (χ3v) is 3.59. The van der Waals surface area contributed by atoms with Crippen LogP contribution in [0.2, 0.25) is 0 Å². The van der Waals surface area contributed by atoms with E-state index in [0.29, 0.717) is 18.8 Å². The van der Waals surface area contributed by atoms with Gasteiger partial charge in [0.15, 0.2) is 0 Å². The topological polar surface area (TPSA) is 47.6 Å². The van der Waals surface area contributed by atoms with E-state index in [1.54, 1.807) is 7.11 Å². The molecule has 0 saturated heterocycles. The molecular formula is C15H20ClNO3. The molecule has 0 saturated carbocycles. The minimum absolute atomic E-state index is 0.00841. The highest BCUT2D eigenvalue weighted by molar-refractivity contribution is 6.17. The molecule has 0 spiro atoms. The van der Waals surface area contributed by atoms with Crippen molar-refractivity contribution in [2.24, 2.45) is 0 Å². The Hall–Kier alpha value is -1.42. The Labute approximate surface area is 124 Å². The van der Waals surface area contributed by atoms with Crippen molar-refractivity contribution in [3.05, 3.63) is 23.8 Å². The van der Waals surface area contributed by atoms with Crippen LogP contribution in [0.3, 0.4) is 0 Å². The number of alkyl halides is 1. The average Bonchev–Trinajstić information content (AvgIpc) is 2.87. The van der Waals surface area contributed by atoms with E-state index in [4.69, 9.17) is 21.1 Å². The van der Waals surface area contributed by atoms with Gasteiger partial charge >= 0.3 is 0 Å². The predicted molar refractivity (Wildman–Crippen MR) is 78.7 cm³/mol. The minimum Gasteiger partial charge on any atom is -0.497 e. The van der Waals surface area contributed by atoms with Gasteiger partial charge in [0.25, 0.3) is 0 Å². The van der Waals surface area contributed by atoms with E-state index in [-0.39, 0.29) is 12.0 Å². The van der Waals surface area contributed by atoms with E-state index < -0.39 is 0 Å². The number of methoxy groups -OCH3 is 1. The molecule has 0 radical (unpaired) electrons. The number of carbonyl (C=O) groups is 1. The normalized spacial score (nSPS) is 16.4. The van der Waals surface area contributed by atoms with Crippen LogP contribution in [0, 0.1) is 0 Å². The zero-order chi connectivity index (χ0) is 14.4. The number of halogens is 1. The summed E-state index contributed by atoms with van der Waals surface area (Å²) in [5.41, 5.74) is 1.13. The van der Waals surface area contributed by atoms with Gasteiger partial charge in [-0.2, -0.15) is 0 Å². The fraction of sp³-hybridized carbons (Fsp3) is 0.533. The number of hydrogen-bond acceptors (Lipinski definition) is 3. The molecule has 4 nitrogen and oxygen atoms in total. The highest BCUT2D eigenvalue weighted by Crippen LogP contribution is 2.31. The Morgan fingerprint density at radius 2 is 2.35 bits per heavy atom. The van der Waals surface area contributed by atoms with E-state index in [9.17, 15) is 4.79 Å². The summed E-state index contributed by atoms with van der Waals surface area (Å²) in [4.78, 5) is 11.6. The fourth-order valence-electron chi connectivity index (χ4n) is 2.23.